The summed E-state index contributed by atoms with van der Waals surface area (Å²) in [7, 11) is -0.868. The number of alkyl halides is 3. The number of hydrogen-bond acceptors (Lipinski definition) is 6. The molecule has 0 spiro atoms. The Labute approximate surface area is 188 Å². The van der Waals surface area contributed by atoms with Crippen molar-refractivity contribution >= 4 is 30.6 Å². The van der Waals surface area contributed by atoms with Gasteiger partial charge in [-0.2, -0.15) is 13.2 Å². The number of carbonyl (C=O) groups excluding carboxylic acids is 1. The third-order valence-electron chi connectivity index (χ3n) is 5.33. The van der Waals surface area contributed by atoms with Gasteiger partial charge in [-0.3, -0.25) is 0 Å². The number of nitrogens with one attached hydrogen (secondary N) is 1. The summed E-state index contributed by atoms with van der Waals surface area (Å²) in [5.74, 6) is 0. The van der Waals surface area contributed by atoms with Crippen molar-refractivity contribution in [3.63, 3.8) is 0 Å². The first-order valence-corrected chi connectivity index (χ1v) is 10.8. The van der Waals surface area contributed by atoms with Crippen LogP contribution in [0.2, 0.25) is 0 Å². The Bertz CT molecular complexity index is 961. The van der Waals surface area contributed by atoms with Crippen LogP contribution in [-0.4, -0.2) is 35.9 Å². The number of hydrogen-bond donors (Lipinski definition) is 1. The predicted octanol–water partition coefficient (Wildman–Crippen LogP) is 5.10. The molecule has 1 fully saturated rings. The Hall–Kier alpha value is -2.37. The van der Waals surface area contributed by atoms with E-state index in [2.05, 4.69) is 10.3 Å². The molecule has 0 bridgehead atoms. The normalized spacial score (nSPS) is 18.0. The van der Waals surface area contributed by atoms with Gasteiger partial charge in [0.1, 0.15) is 11.6 Å². The van der Waals surface area contributed by atoms with Crippen LogP contribution in [0.25, 0.3) is 6.08 Å². The minimum Gasteiger partial charge on any atom is -0.445 e. The number of carbonyl (C=O) groups is 1. The standard InChI is InChI=1S/C21H24BF3N2O4S/c1-19(2)20(3,4)31-22(30-19)15(10-17-27-16(13-32-17)21(23,24)25)11-26-18(28)29-12-14-8-6-5-7-9-14/h5-10,13H,11-12H2,1-4H3,(H,26,28). The third-order valence-corrected chi connectivity index (χ3v) is 6.12. The molecule has 0 atom stereocenters. The van der Waals surface area contributed by atoms with E-state index in [1.165, 1.54) is 6.08 Å². The molecule has 1 aromatic heterocycles. The third kappa shape index (κ3) is 5.90. The van der Waals surface area contributed by atoms with Crippen molar-refractivity contribution in [1.29, 1.82) is 0 Å². The van der Waals surface area contributed by atoms with Crippen LogP contribution in [0.4, 0.5) is 18.0 Å². The molecular formula is C21H24BF3N2O4S. The number of halogens is 3. The van der Waals surface area contributed by atoms with E-state index in [1.54, 1.807) is 0 Å². The number of aromatic nitrogens is 1. The molecule has 2 heterocycles. The first-order valence-electron chi connectivity index (χ1n) is 9.91. The highest BCUT2D eigenvalue weighted by Gasteiger charge is 2.52. The largest absolute Gasteiger partial charge is 0.492 e. The summed E-state index contributed by atoms with van der Waals surface area (Å²) in [5, 5.41) is 3.67. The van der Waals surface area contributed by atoms with Crippen LogP contribution >= 0.6 is 11.3 Å². The molecule has 0 saturated carbocycles. The van der Waals surface area contributed by atoms with Crippen LogP contribution in [0.3, 0.4) is 0 Å². The van der Waals surface area contributed by atoms with Crippen LogP contribution in [0.1, 0.15) is 44.0 Å². The van der Waals surface area contributed by atoms with Gasteiger partial charge in [0, 0.05) is 11.9 Å². The Morgan fingerprint density at radius 1 is 1.19 bits per heavy atom. The number of rotatable bonds is 6. The van der Waals surface area contributed by atoms with Gasteiger partial charge < -0.3 is 19.4 Å². The zero-order valence-corrected chi connectivity index (χ0v) is 19.0. The topological polar surface area (TPSA) is 69.7 Å². The summed E-state index contributed by atoms with van der Waals surface area (Å²) >= 11 is 0.843. The summed E-state index contributed by atoms with van der Waals surface area (Å²) in [6.07, 6.45) is -3.77. The van der Waals surface area contributed by atoms with Gasteiger partial charge in [-0.1, -0.05) is 30.3 Å². The number of ether oxygens (including phenoxy) is 1. The molecule has 1 aliphatic heterocycles. The lowest BCUT2D eigenvalue weighted by molar-refractivity contribution is -0.140. The molecule has 0 radical (unpaired) electrons. The van der Waals surface area contributed by atoms with Gasteiger partial charge in [0.2, 0.25) is 0 Å². The minimum absolute atomic E-state index is 0.0502. The van der Waals surface area contributed by atoms with Crippen molar-refractivity contribution in [2.45, 2.75) is 51.7 Å². The van der Waals surface area contributed by atoms with E-state index >= 15 is 0 Å². The molecular weight excluding hydrogens is 444 g/mol. The molecule has 6 nitrogen and oxygen atoms in total. The van der Waals surface area contributed by atoms with Gasteiger partial charge in [0.05, 0.1) is 11.2 Å². The van der Waals surface area contributed by atoms with Gasteiger partial charge in [0.25, 0.3) is 0 Å². The fourth-order valence-electron chi connectivity index (χ4n) is 2.79. The molecule has 1 amide bonds. The molecule has 11 heteroatoms. The molecule has 3 rings (SSSR count). The molecule has 1 aliphatic rings. The molecule has 1 N–H and O–H groups in total. The maximum absolute atomic E-state index is 12.9. The smallest absolute Gasteiger partial charge is 0.445 e. The van der Waals surface area contributed by atoms with Crippen LogP contribution in [0.15, 0.2) is 41.2 Å². The number of nitrogens with zero attached hydrogens (tertiary/aromatic N) is 1. The zero-order valence-electron chi connectivity index (χ0n) is 18.2. The number of alkyl carbamates (subject to hydrolysis) is 1. The second kappa shape index (κ2) is 9.25. The number of thiazole rings is 1. The second-order valence-electron chi connectivity index (χ2n) is 8.29. The Kier molecular flexibility index (Phi) is 7.02. The molecule has 172 valence electrons. The van der Waals surface area contributed by atoms with E-state index in [0.29, 0.717) is 5.47 Å². The van der Waals surface area contributed by atoms with Gasteiger partial charge >= 0.3 is 19.4 Å². The van der Waals surface area contributed by atoms with Crippen molar-refractivity contribution in [1.82, 2.24) is 10.3 Å². The van der Waals surface area contributed by atoms with Gasteiger partial charge in [-0.15, -0.1) is 11.3 Å². The first-order chi connectivity index (χ1) is 14.9. The lowest BCUT2D eigenvalue weighted by atomic mass is 9.77. The second-order valence-corrected chi connectivity index (χ2v) is 9.18. The zero-order chi connectivity index (χ0) is 23.6. The van der Waals surface area contributed by atoms with E-state index < -0.39 is 36.3 Å². The van der Waals surface area contributed by atoms with Crippen molar-refractivity contribution in [2.75, 3.05) is 6.54 Å². The Balaban J connectivity index is 1.73. The molecule has 1 saturated heterocycles. The highest BCUT2D eigenvalue weighted by molar-refractivity contribution is 7.10. The summed E-state index contributed by atoms with van der Waals surface area (Å²) in [6, 6.07) is 9.17. The number of benzene rings is 1. The van der Waals surface area contributed by atoms with E-state index in [0.717, 1.165) is 22.3 Å². The lowest BCUT2D eigenvalue weighted by Gasteiger charge is -2.32. The summed E-state index contributed by atoms with van der Waals surface area (Å²) in [4.78, 5) is 15.8. The molecule has 0 aliphatic carbocycles. The summed E-state index contributed by atoms with van der Waals surface area (Å²) in [6.45, 7) is 7.47. The highest BCUT2D eigenvalue weighted by atomic mass is 32.1. The molecule has 0 unspecified atom stereocenters. The fraction of sp³-hybridized carbons (Fsp3) is 0.429. The lowest BCUT2D eigenvalue weighted by Crippen LogP contribution is -2.41. The first kappa shape index (κ1) is 24.3. The average molecular weight is 468 g/mol. The molecule has 2 aromatic rings. The monoisotopic (exact) mass is 468 g/mol. The van der Waals surface area contributed by atoms with Gasteiger partial charge in [0.15, 0.2) is 5.69 Å². The van der Waals surface area contributed by atoms with Crippen LogP contribution in [0, 0.1) is 0 Å². The van der Waals surface area contributed by atoms with E-state index in [-0.39, 0.29) is 18.2 Å². The molecule has 32 heavy (non-hydrogen) atoms. The number of amides is 1. The van der Waals surface area contributed by atoms with E-state index in [1.807, 2.05) is 58.0 Å². The Morgan fingerprint density at radius 2 is 1.81 bits per heavy atom. The quantitative estimate of drug-likeness (QED) is 0.598. The predicted molar refractivity (Wildman–Crippen MR) is 116 cm³/mol. The van der Waals surface area contributed by atoms with Crippen molar-refractivity contribution in [3.8, 4) is 0 Å². The average Bonchev–Trinajstić information content (AvgIpc) is 3.26. The van der Waals surface area contributed by atoms with Crippen molar-refractivity contribution < 1.29 is 32.0 Å². The highest BCUT2D eigenvalue weighted by Crippen LogP contribution is 2.39. The maximum Gasteiger partial charge on any atom is 0.492 e. The SMILES string of the molecule is CC1(C)OB(C(=Cc2nc(C(F)(F)F)cs2)CNC(=O)OCc2ccccc2)OC1(C)C. The maximum atomic E-state index is 12.9. The minimum atomic E-state index is -4.54. The van der Waals surface area contributed by atoms with Crippen LogP contribution < -0.4 is 5.32 Å². The van der Waals surface area contributed by atoms with Crippen molar-refractivity contribution in [3.05, 3.63) is 57.4 Å². The summed E-state index contributed by atoms with van der Waals surface area (Å²) < 4.78 is 56.0. The fourth-order valence-corrected chi connectivity index (χ4v) is 3.58. The molecule has 1 aromatic carbocycles. The van der Waals surface area contributed by atoms with Gasteiger partial charge in [-0.05, 0) is 44.8 Å². The van der Waals surface area contributed by atoms with Crippen LogP contribution in [0.5, 0.6) is 0 Å². The van der Waals surface area contributed by atoms with Gasteiger partial charge in [-0.25, -0.2) is 9.78 Å². The van der Waals surface area contributed by atoms with E-state index in [4.69, 9.17) is 14.0 Å². The summed E-state index contributed by atoms with van der Waals surface area (Å²) in [5.41, 5.74) is -1.05. The van der Waals surface area contributed by atoms with Crippen molar-refractivity contribution in [2.24, 2.45) is 0 Å². The Morgan fingerprint density at radius 3 is 2.38 bits per heavy atom. The van der Waals surface area contributed by atoms with E-state index in [9.17, 15) is 18.0 Å². The van der Waals surface area contributed by atoms with Crippen LogP contribution in [-0.2, 0) is 26.8 Å².